The number of amides is 2. The number of urea groups is 1. The van der Waals surface area contributed by atoms with Crippen molar-refractivity contribution in [2.75, 3.05) is 11.2 Å². The molecule has 0 bridgehead atoms. The van der Waals surface area contributed by atoms with Crippen LogP contribution in [0.3, 0.4) is 0 Å². The number of carbonyl (C=O) groups excluding carboxylic acids is 1. The standard InChI is InChI=1S/C16H14N2OS/c1-20-13-9-8-12-7-6-11-4-2-3-5-14(11)18(16(17)19)15(12)10-13/h2-10H,1H3,(H2,17,19). The number of rotatable bonds is 1. The first-order chi connectivity index (χ1) is 9.70. The zero-order valence-electron chi connectivity index (χ0n) is 11.0. The molecule has 3 nitrogen and oxygen atoms in total. The molecule has 0 aliphatic carbocycles. The molecule has 0 fully saturated rings. The summed E-state index contributed by atoms with van der Waals surface area (Å²) in [5.41, 5.74) is 9.21. The van der Waals surface area contributed by atoms with Crippen LogP contribution in [0.1, 0.15) is 11.1 Å². The molecular weight excluding hydrogens is 268 g/mol. The molecule has 2 amide bonds. The van der Waals surface area contributed by atoms with Crippen molar-refractivity contribution in [3.05, 3.63) is 53.6 Å². The third kappa shape index (κ3) is 2.08. The Morgan fingerprint density at radius 2 is 1.75 bits per heavy atom. The summed E-state index contributed by atoms with van der Waals surface area (Å²) in [7, 11) is 0. The van der Waals surface area contributed by atoms with Crippen LogP contribution in [-0.2, 0) is 0 Å². The number of hydrogen-bond acceptors (Lipinski definition) is 2. The van der Waals surface area contributed by atoms with E-state index >= 15 is 0 Å². The molecule has 2 aromatic carbocycles. The molecule has 2 N–H and O–H groups in total. The maximum atomic E-state index is 11.9. The van der Waals surface area contributed by atoms with Crippen LogP contribution >= 0.6 is 11.8 Å². The minimum absolute atomic E-state index is 0.472. The van der Waals surface area contributed by atoms with Crippen molar-refractivity contribution in [3.8, 4) is 0 Å². The molecule has 1 heterocycles. The zero-order valence-corrected chi connectivity index (χ0v) is 11.9. The van der Waals surface area contributed by atoms with Gasteiger partial charge in [0.2, 0.25) is 0 Å². The van der Waals surface area contributed by atoms with Crippen molar-refractivity contribution in [1.82, 2.24) is 0 Å². The lowest BCUT2D eigenvalue weighted by molar-refractivity contribution is 0.256. The fraction of sp³-hybridized carbons (Fsp3) is 0.0625. The van der Waals surface area contributed by atoms with Gasteiger partial charge in [-0.25, -0.2) is 4.79 Å². The smallest absolute Gasteiger partial charge is 0.323 e. The van der Waals surface area contributed by atoms with E-state index < -0.39 is 6.03 Å². The first-order valence-corrected chi connectivity index (χ1v) is 7.48. The lowest BCUT2D eigenvalue weighted by atomic mass is 10.1. The predicted molar refractivity (Wildman–Crippen MR) is 85.3 cm³/mol. The molecule has 20 heavy (non-hydrogen) atoms. The molecule has 0 atom stereocenters. The van der Waals surface area contributed by atoms with Crippen LogP contribution < -0.4 is 10.6 Å². The van der Waals surface area contributed by atoms with Crippen LogP contribution in [0.5, 0.6) is 0 Å². The number of nitrogens with zero attached hydrogens (tertiary/aromatic N) is 1. The number of fused-ring (bicyclic) bond motifs is 2. The van der Waals surface area contributed by atoms with Gasteiger partial charge in [-0.1, -0.05) is 36.4 Å². The first-order valence-electron chi connectivity index (χ1n) is 6.25. The maximum absolute atomic E-state index is 11.9. The molecule has 100 valence electrons. The van der Waals surface area contributed by atoms with Crippen molar-refractivity contribution in [2.45, 2.75) is 4.90 Å². The minimum atomic E-state index is -0.472. The van der Waals surface area contributed by atoms with Crippen LogP contribution in [0.15, 0.2) is 47.4 Å². The van der Waals surface area contributed by atoms with Crippen LogP contribution in [0, 0.1) is 0 Å². The summed E-state index contributed by atoms with van der Waals surface area (Å²) >= 11 is 1.64. The molecule has 1 aliphatic rings. The Bertz CT molecular complexity index is 709. The molecule has 0 saturated heterocycles. The summed E-state index contributed by atoms with van der Waals surface area (Å²) in [6.07, 6.45) is 6.04. The van der Waals surface area contributed by atoms with E-state index in [-0.39, 0.29) is 0 Å². The van der Waals surface area contributed by atoms with Gasteiger partial charge in [-0.15, -0.1) is 11.8 Å². The molecule has 4 heteroatoms. The molecule has 1 aliphatic heterocycles. The average Bonchev–Trinajstić information content (AvgIpc) is 2.62. The highest BCUT2D eigenvalue weighted by molar-refractivity contribution is 7.98. The quantitative estimate of drug-likeness (QED) is 0.800. The number of para-hydroxylation sites is 1. The van der Waals surface area contributed by atoms with Gasteiger partial charge in [-0.3, -0.25) is 4.90 Å². The first kappa shape index (κ1) is 12.8. The van der Waals surface area contributed by atoms with Gasteiger partial charge in [-0.05, 0) is 35.6 Å². The van der Waals surface area contributed by atoms with Crippen LogP contribution in [0.4, 0.5) is 16.2 Å². The Hall–Kier alpha value is -2.20. The van der Waals surface area contributed by atoms with Crippen molar-refractivity contribution in [3.63, 3.8) is 0 Å². The van der Waals surface area contributed by atoms with Crippen molar-refractivity contribution in [1.29, 1.82) is 0 Å². The summed E-state index contributed by atoms with van der Waals surface area (Å²) in [6.45, 7) is 0. The van der Waals surface area contributed by atoms with Crippen LogP contribution in [0.25, 0.3) is 12.2 Å². The lowest BCUT2D eigenvalue weighted by Gasteiger charge is -2.23. The van der Waals surface area contributed by atoms with E-state index in [2.05, 4.69) is 0 Å². The van der Waals surface area contributed by atoms with Crippen molar-refractivity contribution < 1.29 is 4.79 Å². The van der Waals surface area contributed by atoms with Gasteiger partial charge >= 0.3 is 6.03 Å². The fourth-order valence-electron chi connectivity index (χ4n) is 2.36. The highest BCUT2D eigenvalue weighted by atomic mass is 32.2. The Labute approximate surface area is 122 Å². The van der Waals surface area contributed by atoms with E-state index in [1.165, 1.54) is 0 Å². The summed E-state index contributed by atoms with van der Waals surface area (Å²) in [4.78, 5) is 14.6. The molecule has 0 spiro atoms. The molecule has 0 aromatic heterocycles. The molecule has 2 aromatic rings. The highest BCUT2D eigenvalue weighted by Gasteiger charge is 2.22. The Kier molecular flexibility index (Phi) is 3.24. The van der Waals surface area contributed by atoms with E-state index in [4.69, 9.17) is 5.73 Å². The summed E-state index contributed by atoms with van der Waals surface area (Å²) in [5, 5.41) is 0. The third-order valence-corrected chi connectivity index (χ3v) is 4.04. The van der Waals surface area contributed by atoms with Gasteiger partial charge in [0.05, 0.1) is 11.4 Å². The average molecular weight is 282 g/mol. The van der Waals surface area contributed by atoms with Crippen molar-refractivity contribution in [2.24, 2.45) is 5.73 Å². The monoisotopic (exact) mass is 282 g/mol. The van der Waals surface area contributed by atoms with Gasteiger partial charge in [0.1, 0.15) is 0 Å². The second-order valence-corrected chi connectivity index (χ2v) is 5.37. The van der Waals surface area contributed by atoms with Crippen LogP contribution in [-0.4, -0.2) is 12.3 Å². The van der Waals surface area contributed by atoms with E-state index in [9.17, 15) is 4.79 Å². The van der Waals surface area contributed by atoms with Gasteiger partial charge in [-0.2, -0.15) is 0 Å². The zero-order chi connectivity index (χ0) is 14.1. The van der Waals surface area contributed by atoms with E-state index in [0.29, 0.717) is 0 Å². The lowest BCUT2D eigenvalue weighted by Crippen LogP contribution is -2.32. The molecule has 0 radical (unpaired) electrons. The van der Waals surface area contributed by atoms with Gasteiger partial charge in [0.15, 0.2) is 0 Å². The molecular formula is C16H14N2OS. The Morgan fingerprint density at radius 3 is 2.45 bits per heavy atom. The normalized spacial score (nSPS) is 12.6. The number of hydrogen-bond donors (Lipinski definition) is 1. The van der Waals surface area contributed by atoms with Crippen molar-refractivity contribution >= 4 is 41.3 Å². The number of benzene rings is 2. The van der Waals surface area contributed by atoms with Gasteiger partial charge in [0, 0.05) is 4.90 Å². The molecule has 0 saturated carbocycles. The second kappa shape index (κ2) is 5.06. The van der Waals surface area contributed by atoms with E-state index in [1.807, 2.05) is 60.9 Å². The summed E-state index contributed by atoms with van der Waals surface area (Å²) in [6, 6.07) is 13.3. The maximum Gasteiger partial charge on any atom is 0.323 e. The third-order valence-electron chi connectivity index (χ3n) is 3.32. The summed E-state index contributed by atoms with van der Waals surface area (Å²) in [5.74, 6) is 0. The number of primary amides is 1. The number of thioether (sulfide) groups is 1. The van der Waals surface area contributed by atoms with Crippen LogP contribution in [0.2, 0.25) is 0 Å². The Balaban J connectivity index is 2.27. The minimum Gasteiger partial charge on any atom is -0.351 e. The largest absolute Gasteiger partial charge is 0.351 e. The second-order valence-electron chi connectivity index (χ2n) is 4.49. The molecule has 3 rings (SSSR count). The van der Waals surface area contributed by atoms with E-state index in [1.54, 1.807) is 16.7 Å². The number of anilines is 2. The van der Waals surface area contributed by atoms with Gasteiger partial charge in [0.25, 0.3) is 0 Å². The van der Waals surface area contributed by atoms with Gasteiger partial charge < -0.3 is 5.73 Å². The fourth-order valence-corrected chi connectivity index (χ4v) is 2.80. The number of nitrogens with two attached hydrogens (primary N) is 1. The summed E-state index contributed by atoms with van der Waals surface area (Å²) < 4.78 is 0. The Morgan fingerprint density at radius 1 is 1.05 bits per heavy atom. The topological polar surface area (TPSA) is 46.3 Å². The predicted octanol–water partition coefficient (Wildman–Crippen LogP) is 4.11. The molecule has 0 unspecified atom stereocenters. The SMILES string of the molecule is CSc1ccc2c(c1)N(C(N)=O)c1ccccc1C=C2. The van der Waals surface area contributed by atoms with E-state index in [0.717, 1.165) is 27.4 Å². The highest BCUT2D eigenvalue weighted by Crippen LogP contribution is 2.37. The number of carbonyl (C=O) groups is 1.